The Labute approximate surface area is 116 Å². The van der Waals surface area contributed by atoms with Crippen LogP contribution in [0.15, 0.2) is 41.3 Å². The number of nitrogens with zero attached hydrogens (tertiary/aromatic N) is 5. The van der Waals surface area contributed by atoms with Gasteiger partial charge in [0.1, 0.15) is 12.2 Å². The van der Waals surface area contributed by atoms with Crippen LogP contribution in [0.25, 0.3) is 11.5 Å². The molecule has 0 saturated carbocycles. The van der Waals surface area contributed by atoms with Gasteiger partial charge in [-0.25, -0.2) is 4.98 Å². The van der Waals surface area contributed by atoms with Gasteiger partial charge in [0.05, 0.1) is 0 Å². The van der Waals surface area contributed by atoms with E-state index in [1.807, 2.05) is 29.0 Å². The van der Waals surface area contributed by atoms with Crippen LogP contribution in [0.3, 0.4) is 0 Å². The van der Waals surface area contributed by atoms with Gasteiger partial charge in [0.15, 0.2) is 11.6 Å². The lowest BCUT2D eigenvalue weighted by Gasteiger charge is -2.03. The lowest BCUT2D eigenvalue weighted by Crippen LogP contribution is -2.02. The highest BCUT2D eigenvalue weighted by atomic mass is 16.5. The van der Waals surface area contributed by atoms with Crippen LogP contribution in [0.2, 0.25) is 0 Å². The van der Waals surface area contributed by atoms with E-state index in [1.165, 1.54) is 0 Å². The number of hydrogen-bond acceptors (Lipinski definition) is 5. The van der Waals surface area contributed by atoms with E-state index in [0.717, 1.165) is 30.2 Å². The molecule has 0 aliphatic rings. The van der Waals surface area contributed by atoms with Crippen LogP contribution in [-0.2, 0) is 13.0 Å². The van der Waals surface area contributed by atoms with Crippen LogP contribution in [-0.4, -0.2) is 24.7 Å². The van der Waals surface area contributed by atoms with Gasteiger partial charge in [0, 0.05) is 25.0 Å². The third-order valence-electron chi connectivity index (χ3n) is 2.90. The molecular weight excluding hydrogens is 254 g/mol. The Hall–Kier alpha value is -2.50. The van der Waals surface area contributed by atoms with Crippen molar-refractivity contribution in [2.75, 3.05) is 0 Å². The zero-order valence-electron chi connectivity index (χ0n) is 11.2. The predicted molar refractivity (Wildman–Crippen MR) is 72.9 cm³/mol. The first-order valence-electron chi connectivity index (χ1n) is 6.61. The normalized spacial score (nSPS) is 10.8. The van der Waals surface area contributed by atoms with Gasteiger partial charge < -0.3 is 9.09 Å². The van der Waals surface area contributed by atoms with E-state index < -0.39 is 0 Å². The number of hydrogen-bond donors (Lipinski definition) is 0. The monoisotopic (exact) mass is 269 g/mol. The van der Waals surface area contributed by atoms with Gasteiger partial charge in [-0.05, 0) is 18.6 Å². The van der Waals surface area contributed by atoms with Gasteiger partial charge in [0.2, 0.25) is 5.89 Å². The van der Waals surface area contributed by atoms with E-state index in [1.54, 1.807) is 12.4 Å². The molecule has 3 heterocycles. The van der Waals surface area contributed by atoms with E-state index in [2.05, 4.69) is 27.0 Å². The Kier molecular flexibility index (Phi) is 3.54. The highest BCUT2D eigenvalue weighted by Crippen LogP contribution is 2.15. The lowest BCUT2D eigenvalue weighted by atomic mass is 10.3. The molecule has 3 aromatic heterocycles. The first kappa shape index (κ1) is 12.5. The van der Waals surface area contributed by atoms with E-state index >= 15 is 0 Å². The molecule has 0 N–H and O–H groups in total. The fourth-order valence-corrected chi connectivity index (χ4v) is 1.99. The van der Waals surface area contributed by atoms with E-state index in [4.69, 9.17) is 4.52 Å². The molecule has 0 unspecified atom stereocenters. The maximum atomic E-state index is 5.25. The van der Waals surface area contributed by atoms with Crippen LogP contribution in [0, 0.1) is 0 Å². The Balaban J connectivity index is 1.83. The topological polar surface area (TPSA) is 69.6 Å². The van der Waals surface area contributed by atoms with Crippen molar-refractivity contribution in [1.29, 1.82) is 0 Å². The molecule has 0 fully saturated rings. The van der Waals surface area contributed by atoms with Crippen LogP contribution in [0.4, 0.5) is 0 Å². The lowest BCUT2D eigenvalue weighted by molar-refractivity contribution is 0.366. The zero-order valence-corrected chi connectivity index (χ0v) is 11.2. The summed E-state index contributed by atoms with van der Waals surface area (Å²) in [7, 11) is 0. The number of imidazole rings is 1. The van der Waals surface area contributed by atoms with Gasteiger partial charge in [-0.2, -0.15) is 4.98 Å². The van der Waals surface area contributed by atoms with Crippen LogP contribution in [0.1, 0.15) is 25.1 Å². The summed E-state index contributed by atoms with van der Waals surface area (Å²) >= 11 is 0. The summed E-state index contributed by atoms with van der Waals surface area (Å²) < 4.78 is 7.20. The first-order chi connectivity index (χ1) is 9.86. The summed E-state index contributed by atoms with van der Waals surface area (Å²) in [5.41, 5.74) is 0.825. The summed E-state index contributed by atoms with van der Waals surface area (Å²) in [4.78, 5) is 13.0. The molecule has 0 saturated heterocycles. The Morgan fingerprint density at radius 2 is 2.15 bits per heavy atom. The van der Waals surface area contributed by atoms with E-state index in [0.29, 0.717) is 12.4 Å². The van der Waals surface area contributed by atoms with Crippen molar-refractivity contribution in [1.82, 2.24) is 24.7 Å². The SMILES string of the molecule is CCCc1noc(Cn2ccnc2-c2ccccn2)n1. The van der Waals surface area contributed by atoms with Crippen molar-refractivity contribution in [3.8, 4) is 11.5 Å². The molecule has 102 valence electrons. The van der Waals surface area contributed by atoms with Crippen molar-refractivity contribution in [3.05, 3.63) is 48.5 Å². The highest BCUT2D eigenvalue weighted by Gasteiger charge is 2.11. The highest BCUT2D eigenvalue weighted by molar-refractivity contribution is 5.49. The second kappa shape index (κ2) is 5.64. The molecule has 20 heavy (non-hydrogen) atoms. The molecule has 3 rings (SSSR count). The molecular formula is C14H15N5O. The second-order valence-corrected chi connectivity index (χ2v) is 4.45. The van der Waals surface area contributed by atoms with Gasteiger partial charge in [0.25, 0.3) is 0 Å². The molecule has 0 bridgehead atoms. The summed E-state index contributed by atoms with van der Waals surface area (Å²) in [6.45, 7) is 2.59. The molecule has 0 radical (unpaired) electrons. The smallest absolute Gasteiger partial charge is 0.246 e. The largest absolute Gasteiger partial charge is 0.337 e. The third-order valence-corrected chi connectivity index (χ3v) is 2.90. The van der Waals surface area contributed by atoms with Crippen LogP contribution < -0.4 is 0 Å². The molecule has 0 amide bonds. The van der Waals surface area contributed by atoms with Gasteiger partial charge in [-0.3, -0.25) is 4.98 Å². The molecule has 0 aliphatic heterocycles. The van der Waals surface area contributed by atoms with Crippen molar-refractivity contribution in [2.24, 2.45) is 0 Å². The van der Waals surface area contributed by atoms with Crippen LogP contribution in [0.5, 0.6) is 0 Å². The molecule has 6 heteroatoms. The van der Waals surface area contributed by atoms with Crippen LogP contribution >= 0.6 is 0 Å². The molecule has 0 atom stereocenters. The van der Waals surface area contributed by atoms with Gasteiger partial charge in [-0.1, -0.05) is 18.1 Å². The van der Waals surface area contributed by atoms with Crippen molar-refractivity contribution < 1.29 is 4.52 Å². The maximum absolute atomic E-state index is 5.25. The van der Waals surface area contributed by atoms with Crippen molar-refractivity contribution in [2.45, 2.75) is 26.3 Å². The summed E-state index contributed by atoms with van der Waals surface area (Å²) in [5, 5.41) is 3.95. The second-order valence-electron chi connectivity index (χ2n) is 4.45. The Morgan fingerprint density at radius 1 is 1.20 bits per heavy atom. The number of pyridine rings is 1. The zero-order chi connectivity index (χ0) is 13.8. The fourth-order valence-electron chi connectivity index (χ4n) is 1.99. The number of aryl methyl sites for hydroxylation is 1. The maximum Gasteiger partial charge on any atom is 0.246 e. The minimum Gasteiger partial charge on any atom is -0.337 e. The first-order valence-corrected chi connectivity index (χ1v) is 6.61. The average molecular weight is 269 g/mol. The Bertz CT molecular complexity index is 674. The molecule has 0 spiro atoms. The van der Waals surface area contributed by atoms with E-state index in [9.17, 15) is 0 Å². The predicted octanol–water partition coefficient (Wildman–Crippen LogP) is 2.33. The van der Waals surface area contributed by atoms with Crippen molar-refractivity contribution in [3.63, 3.8) is 0 Å². The fraction of sp³-hybridized carbons (Fsp3) is 0.286. The standard InChI is InChI=1S/C14H15N5O/c1-2-5-12-17-13(20-18-12)10-19-9-8-16-14(19)11-6-3-4-7-15-11/h3-4,6-9H,2,5,10H2,1H3. The minimum absolute atomic E-state index is 0.503. The minimum atomic E-state index is 0.503. The van der Waals surface area contributed by atoms with E-state index in [-0.39, 0.29) is 0 Å². The summed E-state index contributed by atoms with van der Waals surface area (Å²) in [5.74, 6) is 2.13. The summed E-state index contributed by atoms with van der Waals surface area (Å²) in [6, 6.07) is 5.74. The molecule has 0 aromatic carbocycles. The summed E-state index contributed by atoms with van der Waals surface area (Å²) in [6.07, 6.45) is 7.21. The molecule has 3 aromatic rings. The quantitative estimate of drug-likeness (QED) is 0.711. The number of rotatable bonds is 5. The molecule has 6 nitrogen and oxygen atoms in total. The van der Waals surface area contributed by atoms with Crippen molar-refractivity contribution >= 4 is 0 Å². The third kappa shape index (κ3) is 2.59. The van der Waals surface area contributed by atoms with Gasteiger partial charge in [-0.15, -0.1) is 0 Å². The Morgan fingerprint density at radius 3 is 2.95 bits per heavy atom. The van der Waals surface area contributed by atoms with Gasteiger partial charge >= 0.3 is 0 Å². The molecule has 0 aliphatic carbocycles. The average Bonchev–Trinajstić information content (AvgIpc) is 3.10. The number of aromatic nitrogens is 5.